The lowest BCUT2D eigenvalue weighted by atomic mass is 9.97. The SMILES string of the molecule is CCN(C(=O)CNC(=O)OC(C)(C)C)C(C(=O)NC(Cc1ccccc1)C(=O)OC(C)(C)C)c1ccccc1C. The van der Waals surface area contributed by atoms with Crippen molar-refractivity contribution < 1.29 is 28.7 Å². The molecule has 0 radical (unpaired) electrons. The van der Waals surface area contributed by atoms with E-state index in [4.69, 9.17) is 9.47 Å². The van der Waals surface area contributed by atoms with E-state index in [1.54, 1.807) is 60.6 Å². The number of hydrogen-bond donors (Lipinski definition) is 2. The third-order valence-corrected chi connectivity index (χ3v) is 5.78. The van der Waals surface area contributed by atoms with E-state index in [1.165, 1.54) is 4.90 Å². The highest BCUT2D eigenvalue weighted by atomic mass is 16.6. The predicted molar refractivity (Wildman–Crippen MR) is 153 cm³/mol. The maximum absolute atomic E-state index is 14.0. The summed E-state index contributed by atoms with van der Waals surface area (Å²) in [5, 5.41) is 5.33. The summed E-state index contributed by atoms with van der Waals surface area (Å²) in [5.41, 5.74) is 0.763. The number of carbonyl (C=O) groups is 4. The summed E-state index contributed by atoms with van der Waals surface area (Å²) in [6.07, 6.45) is -0.524. The second-order valence-corrected chi connectivity index (χ2v) is 11.6. The predicted octanol–water partition coefficient (Wildman–Crippen LogP) is 4.48. The number of hydrogen-bond acceptors (Lipinski definition) is 6. The first-order chi connectivity index (χ1) is 18.6. The number of nitrogens with zero attached hydrogens (tertiary/aromatic N) is 1. The molecule has 2 unspecified atom stereocenters. The minimum atomic E-state index is -1.06. The highest BCUT2D eigenvalue weighted by Gasteiger charge is 2.35. The number of benzene rings is 2. The molecule has 0 saturated heterocycles. The smallest absolute Gasteiger partial charge is 0.408 e. The van der Waals surface area contributed by atoms with Gasteiger partial charge in [0.1, 0.15) is 29.8 Å². The van der Waals surface area contributed by atoms with E-state index < -0.39 is 47.2 Å². The van der Waals surface area contributed by atoms with Gasteiger partial charge in [0.15, 0.2) is 0 Å². The second kappa shape index (κ2) is 14.0. The van der Waals surface area contributed by atoms with Crippen LogP contribution in [-0.4, -0.2) is 59.1 Å². The number of esters is 1. The summed E-state index contributed by atoms with van der Waals surface area (Å²) in [7, 11) is 0. The van der Waals surface area contributed by atoms with Crippen LogP contribution in [0.3, 0.4) is 0 Å². The summed E-state index contributed by atoms with van der Waals surface area (Å²) < 4.78 is 10.9. The molecule has 0 bridgehead atoms. The number of ether oxygens (including phenoxy) is 2. The molecular weight excluding hydrogens is 510 g/mol. The molecule has 0 aliphatic rings. The molecule has 0 spiro atoms. The Kier molecular flexibility index (Phi) is 11.3. The summed E-state index contributed by atoms with van der Waals surface area (Å²) in [5.74, 6) is -1.59. The number of nitrogens with one attached hydrogen (secondary N) is 2. The Bertz CT molecular complexity index is 1170. The molecule has 218 valence electrons. The van der Waals surface area contributed by atoms with Gasteiger partial charge in [-0.25, -0.2) is 9.59 Å². The van der Waals surface area contributed by atoms with Crippen LogP contribution >= 0.6 is 0 Å². The van der Waals surface area contributed by atoms with E-state index in [-0.39, 0.29) is 19.5 Å². The van der Waals surface area contributed by atoms with E-state index in [0.29, 0.717) is 5.56 Å². The van der Waals surface area contributed by atoms with E-state index in [0.717, 1.165) is 11.1 Å². The number of rotatable bonds is 10. The van der Waals surface area contributed by atoms with Gasteiger partial charge in [-0.05, 0) is 72.1 Å². The molecule has 2 rings (SSSR count). The largest absolute Gasteiger partial charge is 0.458 e. The van der Waals surface area contributed by atoms with Crippen molar-refractivity contribution in [1.29, 1.82) is 0 Å². The van der Waals surface area contributed by atoms with E-state index >= 15 is 0 Å². The monoisotopic (exact) mass is 553 g/mol. The number of carbonyl (C=O) groups excluding carboxylic acids is 4. The summed E-state index contributed by atoms with van der Waals surface area (Å²) >= 11 is 0. The van der Waals surface area contributed by atoms with Crippen LogP contribution in [0.2, 0.25) is 0 Å². The van der Waals surface area contributed by atoms with Gasteiger partial charge < -0.3 is 25.0 Å². The van der Waals surface area contributed by atoms with Gasteiger partial charge in [-0.3, -0.25) is 9.59 Å². The van der Waals surface area contributed by atoms with Gasteiger partial charge >= 0.3 is 12.1 Å². The minimum Gasteiger partial charge on any atom is -0.458 e. The number of aryl methyl sites for hydroxylation is 1. The first-order valence-corrected chi connectivity index (χ1v) is 13.5. The van der Waals surface area contributed by atoms with Crippen molar-refractivity contribution >= 4 is 23.9 Å². The summed E-state index contributed by atoms with van der Waals surface area (Å²) in [6.45, 7) is 13.9. The summed E-state index contributed by atoms with van der Waals surface area (Å²) in [4.78, 5) is 54.1. The average molecular weight is 554 g/mol. The van der Waals surface area contributed by atoms with Gasteiger partial charge in [-0.15, -0.1) is 0 Å². The Balaban J connectivity index is 2.39. The van der Waals surface area contributed by atoms with E-state index in [2.05, 4.69) is 10.6 Å². The highest BCUT2D eigenvalue weighted by Crippen LogP contribution is 2.25. The zero-order valence-corrected chi connectivity index (χ0v) is 24.9. The Morgan fingerprint density at radius 2 is 1.43 bits per heavy atom. The first kappa shape index (κ1) is 32.3. The third-order valence-electron chi connectivity index (χ3n) is 5.78. The van der Waals surface area contributed by atoms with E-state index in [9.17, 15) is 19.2 Å². The molecule has 0 heterocycles. The zero-order valence-electron chi connectivity index (χ0n) is 24.9. The van der Waals surface area contributed by atoms with E-state index in [1.807, 2.05) is 49.4 Å². The summed E-state index contributed by atoms with van der Waals surface area (Å²) in [6, 6.07) is 14.5. The molecule has 0 fully saturated rings. The molecule has 40 heavy (non-hydrogen) atoms. The Hall–Kier alpha value is -3.88. The fraction of sp³-hybridized carbons (Fsp3) is 0.484. The molecule has 2 atom stereocenters. The van der Waals surface area contributed by atoms with Crippen LogP contribution in [0.5, 0.6) is 0 Å². The number of likely N-dealkylation sites (N-methyl/N-ethyl adjacent to an activating group) is 1. The molecule has 3 amide bonds. The van der Waals surface area contributed by atoms with Gasteiger partial charge in [0, 0.05) is 13.0 Å². The lowest BCUT2D eigenvalue weighted by Gasteiger charge is -2.33. The fourth-order valence-electron chi connectivity index (χ4n) is 4.08. The van der Waals surface area contributed by atoms with Gasteiger partial charge in [-0.1, -0.05) is 54.6 Å². The quantitative estimate of drug-likeness (QED) is 0.420. The van der Waals surface area contributed by atoms with Crippen LogP contribution in [0.4, 0.5) is 4.79 Å². The van der Waals surface area contributed by atoms with Crippen LogP contribution < -0.4 is 10.6 Å². The fourth-order valence-corrected chi connectivity index (χ4v) is 4.08. The van der Waals surface area contributed by atoms with Crippen LogP contribution in [0, 0.1) is 6.92 Å². The molecule has 2 aromatic rings. The maximum Gasteiger partial charge on any atom is 0.408 e. The Labute approximate surface area is 237 Å². The van der Waals surface area contributed by atoms with Crippen LogP contribution in [0.1, 0.15) is 71.2 Å². The van der Waals surface area contributed by atoms with Gasteiger partial charge in [0.25, 0.3) is 0 Å². The van der Waals surface area contributed by atoms with Crippen molar-refractivity contribution in [3.8, 4) is 0 Å². The minimum absolute atomic E-state index is 0.178. The van der Waals surface area contributed by atoms with Crippen molar-refractivity contribution in [3.63, 3.8) is 0 Å². The number of amides is 3. The topological polar surface area (TPSA) is 114 Å². The molecule has 2 N–H and O–H groups in total. The zero-order chi connectivity index (χ0) is 30.1. The Morgan fingerprint density at radius 3 is 1.98 bits per heavy atom. The molecule has 2 aromatic carbocycles. The molecule has 9 heteroatoms. The van der Waals surface area contributed by atoms with Crippen molar-refractivity contribution in [2.45, 2.75) is 85.1 Å². The molecule has 0 aliphatic carbocycles. The van der Waals surface area contributed by atoms with Crippen molar-refractivity contribution in [3.05, 3.63) is 71.3 Å². The third kappa shape index (κ3) is 10.4. The second-order valence-electron chi connectivity index (χ2n) is 11.6. The highest BCUT2D eigenvalue weighted by molar-refractivity contribution is 5.93. The van der Waals surface area contributed by atoms with Crippen LogP contribution in [-0.2, 0) is 30.3 Å². The lowest BCUT2D eigenvalue weighted by Crippen LogP contribution is -2.52. The van der Waals surface area contributed by atoms with Gasteiger partial charge in [0.05, 0.1) is 0 Å². The molecular formula is C31H43N3O6. The van der Waals surface area contributed by atoms with Crippen LogP contribution in [0.15, 0.2) is 54.6 Å². The molecule has 0 aromatic heterocycles. The Morgan fingerprint density at radius 1 is 0.850 bits per heavy atom. The maximum atomic E-state index is 14.0. The average Bonchev–Trinajstić information content (AvgIpc) is 2.84. The molecule has 9 nitrogen and oxygen atoms in total. The lowest BCUT2D eigenvalue weighted by molar-refractivity contribution is -0.159. The van der Waals surface area contributed by atoms with Crippen LogP contribution in [0.25, 0.3) is 0 Å². The first-order valence-electron chi connectivity index (χ1n) is 13.5. The van der Waals surface area contributed by atoms with Crippen molar-refractivity contribution in [1.82, 2.24) is 15.5 Å². The normalized spacial score (nSPS) is 13.0. The van der Waals surface area contributed by atoms with Crippen molar-refractivity contribution in [2.75, 3.05) is 13.1 Å². The molecule has 0 aliphatic heterocycles. The molecule has 0 saturated carbocycles. The number of alkyl carbamates (subject to hydrolysis) is 1. The standard InChI is InChI=1S/C31H43N3O6/c1-9-34(25(35)20-32-29(38)40-31(6,7)8)26(23-18-14-13-15-21(23)2)27(36)33-24(28(37)39-30(3,4)5)19-22-16-11-10-12-17-22/h10-18,24,26H,9,19-20H2,1-8H3,(H,32,38)(H,33,36). The van der Waals surface area contributed by atoms with Crippen molar-refractivity contribution in [2.24, 2.45) is 0 Å². The van der Waals surface area contributed by atoms with Gasteiger partial charge in [-0.2, -0.15) is 0 Å². The van der Waals surface area contributed by atoms with Gasteiger partial charge in [0.2, 0.25) is 11.8 Å².